The molecule has 10 rings (SSSR count). The average molecular weight is 773 g/mol. The number of nitrogens with zero attached hydrogens (tertiary/aromatic N) is 1. The fourth-order valence-electron chi connectivity index (χ4n) is 8.76. The van der Waals surface area contributed by atoms with Crippen LogP contribution in [0.1, 0.15) is 50.1 Å². The van der Waals surface area contributed by atoms with E-state index in [0.717, 1.165) is 17.1 Å². The van der Waals surface area contributed by atoms with Crippen molar-refractivity contribution in [3.05, 3.63) is 256 Å². The van der Waals surface area contributed by atoms with E-state index in [2.05, 4.69) is 229 Å². The third-order valence-electron chi connectivity index (χ3n) is 11.1. The predicted octanol–water partition coefficient (Wildman–Crippen LogP) is 15.0. The van der Waals surface area contributed by atoms with Crippen LogP contribution in [0, 0.1) is 0 Å². The van der Waals surface area contributed by atoms with Gasteiger partial charge < -0.3 is 4.90 Å². The Morgan fingerprint density at radius 2 is 0.842 bits per heavy atom. The maximum absolute atomic E-state index is 4.76. The van der Waals surface area contributed by atoms with Crippen LogP contribution >= 0.6 is 23.2 Å². The highest BCUT2D eigenvalue weighted by Gasteiger charge is 2.48. The van der Waals surface area contributed by atoms with Gasteiger partial charge in [0, 0.05) is 17.1 Å². The molecule has 1 spiro atoms. The minimum atomic E-state index is -0.570. The summed E-state index contributed by atoms with van der Waals surface area (Å²) in [6.07, 6.45) is 7.01. The summed E-state index contributed by atoms with van der Waals surface area (Å²) < 4.78 is 0. The summed E-state index contributed by atoms with van der Waals surface area (Å²) in [5.74, 6) is 0. The Kier molecular flexibility index (Phi) is 10.2. The molecule has 0 unspecified atom stereocenters. The summed E-state index contributed by atoms with van der Waals surface area (Å²) in [5.41, 5.74) is 17.8. The highest BCUT2D eigenvalue weighted by Crippen LogP contribution is 2.59. The van der Waals surface area contributed by atoms with Crippen molar-refractivity contribution in [3.63, 3.8) is 0 Å². The maximum Gasteiger partial charge on any atom is 0.0967 e. The van der Waals surface area contributed by atoms with Gasteiger partial charge in [0.05, 0.1) is 10.8 Å². The molecule has 0 radical (unpaired) electrons. The molecule has 0 atom stereocenters. The van der Waals surface area contributed by atoms with E-state index in [1.165, 1.54) is 66.8 Å². The lowest BCUT2D eigenvalue weighted by Crippen LogP contribution is -2.30. The summed E-state index contributed by atoms with van der Waals surface area (Å²) in [6.45, 7) is 0. The van der Waals surface area contributed by atoms with Crippen molar-refractivity contribution >= 4 is 64.1 Å². The lowest BCUT2D eigenvalue weighted by atomic mass is 9.65. The molecule has 0 fully saturated rings. The summed E-state index contributed by atoms with van der Waals surface area (Å²) in [5, 5.41) is 0.194. The predicted molar refractivity (Wildman–Crippen MR) is 244 cm³/mol. The topological polar surface area (TPSA) is 3.24 Å². The minimum absolute atomic E-state index is 0.194. The quantitative estimate of drug-likeness (QED) is 0.120. The summed E-state index contributed by atoms with van der Waals surface area (Å²) >= 11 is 9.53. The van der Waals surface area contributed by atoms with Gasteiger partial charge in [0.2, 0.25) is 0 Å². The number of anilines is 3. The molecular formula is C54H39Cl2N. The molecule has 0 heterocycles. The number of halogens is 2. The largest absolute Gasteiger partial charge is 0.310 e. The molecule has 8 aromatic rings. The normalized spacial score (nSPS) is 12.5. The molecule has 0 amide bonds. The summed E-state index contributed by atoms with van der Waals surface area (Å²) in [4.78, 5) is 2.38. The molecule has 3 heteroatoms. The summed E-state index contributed by atoms with van der Waals surface area (Å²) in [7, 11) is 0. The summed E-state index contributed by atoms with van der Waals surface area (Å²) in [6, 6.07) is 75.1. The Labute approximate surface area is 345 Å². The van der Waals surface area contributed by atoms with E-state index in [1.54, 1.807) is 0 Å². The van der Waals surface area contributed by atoms with E-state index in [4.69, 9.17) is 23.2 Å². The number of benzene rings is 8. The van der Waals surface area contributed by atoms with Crippen molar-refractivity contribution in [1.82, 2.24) is 0 Å². The second-order valence-electron chi connectivity index (χ2n) is 14.2. The van der Waals surface area contributed by atoms with Gasteiger partial charge in [-0.1, -0.05) is 176 Å². The molecule has 0 N–H and O–H groups in total. The van der Waals surface area contributed by atoms with Crippen LogP contribution in [-0.4, -0.2) is 5.34 Å². The lowest BCUT2D eigenvalue weighted by molar-refractivity contribution is 0.766. The molecule has 274 valence electrons. The number of fused-ring (bicyclic) bond motifs is 9. The van der Waals surface area contributed by atoms with E-state index in [1.807, 2.05) is 0 Å². The van der Waals surface area contributed by atoms with Crippen LogP contribution in [0.4, 0.5) is 17.1 Å². The zero-order valence-electron chi connectivity index (χ0n) is 31.3. The van der Waals surface area contributed by atoms with Crippen LogP contribution < -0.4 is 4.90 Å². The molecule has 2 aliphatic carbocycles. The van der Waals surface area contributed by atoms with Gasteiger partial charge in [0.15, 0.2) is 0 Å². The monoisotopic (exact) mass is 771 g/mol. The molecule has 8 aromatic carbocycles. The van der Waals surface area contributed by atoms with Crippen molar-refractivity contribution in [1.29, 1.82) is 0 Å². The van der Waals surface area contributed by atoms with E-state index >= 15 is 0 Å². The second-order valence-corrected chi connectivity index (χ2v) is 15.0. The standard InChI is InChI=1S/C53H37N.CH2Cl2/c1-5-17-39(18-6-1)48(40-19-7-2-8-20-40)35-38-29-30-41-31-32-42-33-34-45(54(43-21-9-3-10-22-43)44-23-11-4-12-24-44)37-52(42)53(51(41)36-38)49-27-15-13-25-46(49)47-26-14-16-28-50(47)53;2-1-3/h1-37H;1H2. The Morgan fingerprint density at radius 3 is 1.35 bits per heavy atom. The van der Waals surface area contributed by atoms with E-state index in [-0.39, 0.29) is 5.34 Å². The number of hydrogen-bond donors (Lipinski definition) is 0. The van der Waals surface area contributed by atoms with Gasteiger partial charge in [0.25, 0.3) is 0 Å². The van der Waals surface area contributed by atoms with Gasteiger partial charge in [-0.25, -0.2) is 0 Å². The molecule has 0 aromatic heterocycles. The minimum Gasteiger partial charge on any atom is -0.310 e. The van der Waals surface area contributed by atoms with Crippen molar-refractivity contribution in [2.45, 2.75) is 5.41 Å². The SMILES string of the molecule is C1=Cc2ccc(N(c3ccccc3)c3ccccc3)cc2C2(c3cc(C=C(c4ccccc4)c4ccccc4)ccc31)c1ccccc1-c1ccccc12.ClCCl. The molecule has 0 aliphatic heterocycles. The van der Waals surface area contributed by atoms with Crippen molar-refractivity contribution < 1.29 is 0 Å². The Hall–Kier alpha value is -6.38. The number of hydrogen-bond acceptors (Lipinski definition) is 1. The number of rotatable bonds is 6. The highest BCUT2D eigenvalue weighted by molar-refractivity contribution is 6.40. The number of alkyl halides is 2. The van der Waals surface area contributed by atoms with Crippen LogP contribution in [0.15, 0.2) is 206 Å². The zero-order valence-corrected chi connectivity index (χ0v) is 32.8. The smallest absolute Gasteiger partial charge is 0.0967 e. The fourth-order valence-corrected chi connectivity index (χ4v) is 8.76. The first-order valence-corrected chi connectivity index (χ1v) is 20.3. The Morgan fingerprint density at radius 1 is 0.421 bits per heavy atom. The van der Waals surface area contributed by atoms with Crippen molar-refractivity contribution in [2.24, 2.45) is 0 Å². The zero-order chi connectivity index (χ0) is 38.6. The fraction of sp³-hybridized carbons (Fsp3) is 0.0370. The Balaban J connectivity index is 0.00000137. The molecule has 57 heavy (non-hydrogen) atoms. The molecule has 0 saturated carbocycles. The van der Waals surface area contributed by atoms with E-state index in [9.17, 15) is 0 Å². The lowest BCUT2D eigenvalue weighted by Gasteiger charge is -2.36. The molecule has 0 bridgehead atoms. The molecular weight excluding hydrogens is 734 g/mol. The third kappa shape index (κ3) is 6.60. The Bertz CT molecular complexity index is 2590. The molecule has 0 saturated heterocycles. The first-order valence-electron chi connectivity index (χ1n) is 19.2. The van der Waals surface area contributed by atoms with Crippen LogP contribution in [0.2, 0.25) is 0 Å². The van der Waals surface area contributed by atoms with Crippen LogP contribution in [0.5, 0.6) is 0 Å². The van der Waals surface area contributed by atoms with Gasteiger partial charge in [-0.05, 0) is 115 Å². The highest BCUT2D eigenvalue weighted by atomic mass is 35.5. The second kappa shape index (κ2) is 16.0. The van der Waals surface area contributed by atoms with Gasteiger partial charge in [-0.2, -0.15) is 0 Å². The van der Waals surface area contributed by atoms with Crippen molar-refractivity contribution in [3.8, 4) is 11.1 Å². The van der Waals surface area contributed by atoms with Gasteiger partial charge in [0.1, 0.15) is 0 Å². The first-order chi connectivity index (χ1) is 28.2. The van der Waals surface area contributed by atoms with E-state index < -0.39 is 5.41 Å². The first kappa shape index (κ1) is 36.3. The van der Waals surface area contributed by atoms with Gasteiger partial charge in [-0.15, -0.1) is 23.2 Å². The van der Waals surface area contributed by atoms with Gasteiger partial charge >= 0.3 is 0 Å². The average Bonchev–Trinajstić information content (AvgIpc) is 3.49. The third-order valence-corrected chi connectivity index (χ3v) is 11.1. The van der Waals surface area contributed by atoms with Crippen molar-refractivity contribution in [2.75, 3.05) is 10.2 Å². The maximum atomic E-state index is 4.76. The number of para-hydroxylation sites is 2. The van der Waals surface area contributed by atoms with Crippen LogP contribution in [-0.2, 0) is 5.41 Å². The van der Waals surface area contributed by atoms with Gasteiger partial charge in [-0.3, -0.25) is 0 Å². The van der Waals surface area contributed by atoms with E-state index in [0.29, 0.717) is 0 Å². The van der Waals surface area contributed by atoms with Crippen LogP contribution in [0.25, 0.3) is 34.9 Å². The molecule has 2 aliphatic rings. The molecule has 1 nitrogen and oxygen atoms in total. The van der Waals surface area contributed by atoms with Crippen LogP contribution in [0.3, 0.4) is 0 Å².